The third-order valence-corrected chi connectivity index (χ3v) is 4.41. The number of β-amino-alcohol motifs (C(OH)–C–C–N with tert-alkyl or cyclic N) is 1. The number of nitrogens with zero attached hydrogens (tertiary/aromatic N) is 1. The number of hydrogen-bond acceptors (Lipinski definition) is 2. The third-order valence-electron chi connectivity index (χ3n) is 3.88. The molecule has 2 aliphatic rings. The lowest BCUT2D eigenvalue weighted by Gasteiger charge is -2.15. The topological polar surface area (TPSA) is 40.5 Å². The van der Waals surface area contributed by atoms with Crippen LogP contribution in [0.5, 0.6) is 0 Å². The SMILES string of the molecule is O=C(C1CC1c1ccc(Br)cc1)N1CC[C@@H](O)C1. The van der Waals surface area contributed by atoms with E-state index in [0.717, 1.165) is 17.3 Å². The average Bonchev–Trinajstić information content (AvgIpc) is 3.04. The Hall–Kier alpha value is -0.870. The van der Waals surface area contributed by atoms with E-state index in [-0.39, 0.29) is 17.9 Å². The Labute approximate surface area is 115 Å². The Morgan fingerprint density at radius 1 is 1.33 bits per heavy atom. The first-order valence-corrected chi connectivity index (χ1v) is 7.17. The van der Waals surface area contributed by atoms with Crippen LogP contribution >= 0.6 is 15.9 Å². The van der Waals surface area contributed by atoms with Crippen molar-refractivity contribution in [1.29, 1.82) is 0 Å². The lowest BCUT2D eigenvalue weighted by Crippen LogP contribution is -2.31. The Morgan fingerprint density at radius 3 is 2.67 bits per heavy atom. The molecule has 0 radical (unpaired) electrons. The summed E-state index contributed by atoms with van der Waals surface area (Å²) < 4.78 is 1.07. The fraction of sp³-hybridized carbons (Fsp3) is 0.500. The minimum absolute atomic E-state index is 0.136. The zero-order valence-corrected chi connectivity index (χ0v) is 11.6. The minimum atomic E-state index is -0.321. The molecule has 0 bridgehead atoms. The maximum atomic E-state index is 12.2. The van der Waals surface area contributed by atoms with E-state index < -0.39 is 0 Å². The fourth-order valence-corrected chi connectivity index (χ4v) is 2.99. The van der Waals surface area contributed by atoms with Crippen molar-refractivity contribution < 1.29 is 9.90 Å². The molecule has 1 aromatic carbocycles. The second kappa shape index (κ2) is 4.67. The third kappa shape index (κ3) is 2.31. The number of likely N-dealkylation sites (tertiary alicyclic amines) is 1. The van der Waals surface area contributed by atoms with Gasteiger partial charge >= 0.3 is 0 Å². The molecule has 1 amide bonds. The highest BCUT2D eigenvalue weighted by atomic mass is 79.9. The van der Waals surface area contributed by atoms with Crippen molar-refractivity contribution in [2.45, 2.75) is 24.9 Å². The second-order valence-electron chi connectivity index (χ2n) is 5.23. The molecule has 2 unspecified atom stereocenters. The number of amides is 1. The maximum Gasteiger partial charge on any atom is 0.226 e. The maximum absolute atomic E-state index is 12.2. The number of benzene rings is 1. The van der Waals surface area contributed by atoms with Crippen molar-refractivity contribution in [3.05, 3.63) is 34.3 Å². The minimum Gasteiger partial charge on any atom is -0.391 e. The summed E-state index contributed by atoms with van der Waals surface area (Å²) in [6.07, 6.45) is 1.35. The Bertz CT molecular complexity index is 459. The summed E-state index contributed by atoms with van der Waals surface area (Å²) in [5.41, 5.74) is 1.25. The van der Waals surface area contributed by atoms with Crippen molar-refractivity contribution in [2.75, 3.05) is 13.1 Å². The highest BCUT2D eigenvalue weighted by Crippen LogP contribution is 2.48. The van der Waals surface area contributed by atoms with E-state index >= 15 is 0 Å². The molecule has 4 heteroatoms. The zero-order chi connectivity index (χ0) is 12.7. The number of halogens is 1. The highest BCUT2D eigenvalue weighted by Gasteiger charge is 2.46. The first-order valence-electron chi connectivity index (χ1n) is 6.37. The van der Waals surface area contributed by atoms with Crippen molar-refractivity contribution in [3.63, 3.8) is 0 Å². The molecule has 1 aliphatic carbocycles. The zero-order valence-electron chi connectivity index (χ0n) is 10.1. The van der Waals surface area contributed by atoms with Gasteiger partial charge in [-0.15, -0.1) is 0 Å². The second-order valence-corrected chi connectivity index (χ2v) is 6.14. The van der Waals surface area contributed by atoms with Gasteiger partial charge in [-0.05, 0) is 36.5 Å². The van der Waals surface area contributed by atoms with E-state index in [2.05, 4.69) is 28.1 Å². The summed E-state index contributed by atoms with van der Waals surface area (Å²) in [5, 5.41) is 9.47. The molecule has 3 rings (SSSR count). The quantitative estimate of drug-likeness (QED) is 0.909. The molecule has 18 heavy (non-hydrogen) atoms. The monoisotopic (exact) mass is 309 g/mol. The van der Waals surface area contributed by atoms with E-state index in [1.807, 2.05) is 17.0 Å². The fourth-order valence-electron chi connectivity index (χ4n) is 2.72. The van der Waals surface area contributed by atoms with E-state index in [1.165, 1.54) is 5.56 Å². The van der Waals surface area contributed by atoms with Gasteiger partial charge in [0, 0.05) is 23.5 Å². The van der Waals surface area contributed by atoms with Gasteiger partial charge in [-0.3, -0.25) is 4.79 Å². The van der Waals surface area contributed by atoms with Gasteiger partial charge in [0.15, 0.2) is 0 Å². The largest absolute Gasteiger partial charge is 0.391 e. The van der Waals surface area contributed by atoms with Gasteiger partial charge in [-0.25, -0.2) is 0 Å². The van der Waals surface area contributed by atoms with Crippen LogP contribution in [0.25, 0.3) is 0 Å². The summed E-state index contributed by atoms with van der Waals surface area (Å²) >= 11 is 3.42. The van der Waals surface area contributed by atoms with Gasteiger partial charge in [-0.2, -0.15) is 0 Å². The van der Waals surface area contributed by atoms with E-state index in [4.69, 9.17) is 0 Å². The van der Waals surface area contributed by atoms with Crippen molar-refractivity contribution >= 4 is 21.8 Å². The molecular formula is C14H16BrNO2. The van der Waals surface area contributed by atoms with E-state index in [9.17, 15) is 9.90 Å². The number of carbonyl (C=O) groups excluding carboxylic acids is 1. The summed E-state index contributed by atoms with van der Waals surface area (Å²) in [6, 6.07) is 8.21. The van der Waals surface area contributed by atoms with Crippen LogP contribution in [0.3, 0.4) is 0 Å². The molecule has 0 spiro atoms. The Morgan fingerprint density at radius 2 is 2.06 bits per heavy atom. The van der Waals surface area contributed by atoms with Crippen LogP contribution in [0.1, 0.15) is 24.3 Å². The van der Waals surface area contributed by atoms with Crippen LogP contribution in [-0.2, 0) is 4.79 Å². The van der Waals surface area contributed by atoms with Gasteiger partial charge in [0.2, 0.25) is 5.91 Å². The normalized spacial score (nSPS) is 30.6. The van der Waals surface area contributed by atoms with Crippen LogP contribution in [0, 0.1) is 5.92 Å². The summed E-state index contributed by atoms with van der Waals surface area (Å²) in [7, 11) is 0. The number of carbonyl (C=O) groups is 1. The number of hydrogen-bond donors (Lipinski definition) is 1. The molecule has 2 fully saturated rings. The lowest BCUT2D eigenvalue weighted by molar-refractivity contribution is -0.131. The molecule has 1 N–H and O–H groups in total. The first kappa shape index (κ1) is 12.2. The van der Waals surface area contributed by atoms with Crippen LogP contribution in [0.4, 0.5) is 0 Å². The van der Waals surface area contributed by atoms with Crippen LogP contribution in [-0.4, -0.2) is 35.1 Å². The van der Waals surface area contributed by atoms with Crippen LogP contribution < -0.4 is 0 Å². The van der Waals surface area contributed by atoms with Crippen LogP contribution in [0.15, 0.2) is 28.7 Å². The van der Waals surface area contributed by atoms with E-state index in [1.54, 1.807) is 0 Å². The molecule has 1 saturated carbocycles. The van der Waals surface area contributed by atoms with Gasteiger partial charge in [0.25, 0.3) is 0 Å². The molecule has 1 saturated heterocycles. The molecule has 96 valence electrons. The Kier molecular flexibility index (Phi) is 3.16. The Balaban J connectivity index is 1.63. The van der Waals surface area contributed by atoms with Gasteiger partial charge < -0.3 is 10.0 Å². The predicted molar refractivity (Wildman–Crippen MR) is 72.2 cm³/mol. The summed E-state index contributed by atoms with van der Waals surface area (Å²) in [5.74, 6) is 0.735. The molecular weight excluding hydrogens is 294 g/mol. The summed E-state index contributed by atoms with van der Waals surface area (Å²) in [6.45, 7) is 1.23. The van der Waals surface area contributed by atoms with Crippen LogP contribution in [0.2, 0.25) is 0 Å². The first-order chi connectivity index (χ1) is 8.65. The van der Waals surface area contributed by atoms with Crippen molar-refractivity contribution in [2.24, 2.45) is 5.92 Å². The molecule has 1 heterocycles. The lowest BCUT2D eigenvalue weighted by atomic mass is 10.1. The predicted octanol–water partition coefficient (Wildman–Crippen LogP) is 2.15. The smallest absolute Gasteiger partial charge is 0.226 e. The summed E-state index contributed by atoms with van der Waals surface area (Å²) in [4.78, 5) is 14.0. The molecule has 3 atom stereocenters. The molecule has 3 nitrogen and oxygen atoms in total. The van der Waals surface area contributed by atoms with Gasteiger partial charge in [0.1, 0.15) is 0 Å². The molecule has 0 aromatic heterocycles. The van der Waals surface area contributed by atoms with Gasteiger partial charge in [0.05, 0.1) is 6.10 Å². The molecule has 1 aromatic rings. The highest BCUT2D eigenvalue weighted by molar-refractivity contribution is 9.10. The standard InChI is InChI=1S/C14H16BrNO2/c15-10-3-1-9(2-4-10)12-7-13(12)14(18)16-6-5-11(17)8-16/h1-4,11-13,17H,5-8H2/t11-,12?,13?/m1/s1. The average molecular weight is 310 g/mol. The molecule has 1 aliphatic heterocycles. The van der Waals surface area contributed by atoms with Crippen molar-refractivity contribution in [3.8, 4) is 0 Å². The number of aliphatic hydroxyl groups is 1. The number of aliphatic hydroxyl groups excluding tert-OH is 1. The van der Waals surface area contributed by atoms with Crippen molar-refractivity contribution in [1.82, 2.24) is 4.90 Å². The number of rotatable bonds is 2. The van der Waals surface area contributed by atoms with Gasteiger partial charge in [-0.1, -0.05) is 28.1 Å². The van der Waals surface area contributed by atoms with E-state index in [0.29, 0.717) is 19.0 Å².